The van der Waals surface area contributed by atoms with Crippen molar-refractivity contribution < 1.29 is 19.4 Å². The molecule has 1 N–H and O–H groups in total. The van der Waals surface area contributed by atoms with Crippen molar-refractivity contribution in [3.8, 4) is 0 Å². The highest BCUT2D eigenvalue weighted by atomic mass is 16.8. The fraction of sp³-hybridized carbons (Fsp3) is 0.800. The van der Waals surface area contributed by atoms with Gasteiger partial charge < -0.3 is 14.6 Å². The molecular weight excluding hydrogens is 244 g/mol. The summed E-state index contributed by atoms with van der Waals surface area (Å²) in [4.78, 5) is 11.9. The number of esters is 1. The van der Waals surface area contributed by atoms with Crippen molar-refractivity contribution in [3.05, 3.63) is 12.2 Å². The third-order valence-electron chi connectivity index (χ3n) is 5.06. The van der Waals surface area contributed by atoms with Gasteiger partial charge in [-0.15, -0.1) is 0 Å². The van der Waals surface area contributed by atoms with Gasteiger partial charge in [-0.2, -0.15) is 0 Å². The second-order valence-corrected chi connectivity index (χ2v) is 6.49. The maximum Gasteiger partial charge on any atom is 0.311 e. The first-order valence-corrected chi connectivity index (χ1v) is 7.18. The molecule has 7 atom stereocenters. The van der Waals surface area contributed by atoms with Crippen LogP contribution >= 0.6 is 0 Å². The van der Waals surface area contributed by atoms with Crippen molar-refractivity contribution in [1.29, 1.82) is 0 Å². The molecule has 19 heavy (non-hydrogen) atoms. The Balaban J connectivity index is 1.99. The maximum absolute atomic E-state index is 11.9. The Kier molecular flexibility index (Phi) is 2.98. The van der Waals surface area contributed by atoms with Crippen LogP contribution in [-0.4, -0.2) is 23.2 Å². The zero-order valence-corrected chi connectivity index (χ0v) is 11.7. The molecular formula is C15H22O4. The largest absolute Gasteiger partial charge is 0.435 e. The van der Waals surface area contributed by atoms with Gasteiger partial charge in [-0.25, -0.2) is 0 Å². The first-order chi connectivity index (χ1) is 8.89. The number of hydrogen-bond acceptors (Lipinski definition) is 4. The van der Waals surface area contributed by atoms with Gasteiger partial charge in [-0.1, -0.05) is 26.0 Å². The smallest absolute Gasteiger partial charge is 0.311 e. The summed E-state index contributed by atoms with van der Waals surface area (Å²) in [5.74, 6) is -0.369. The third kappa shape index (κ3) is 2.11. The van der Waals surface area contributed by atoms with Crippen LogP contribution in [0.1, 0.15) is 33.6 Å². The van der Waals surface area contributed by atoms with E-state index >= 15 is 0 Å². The maximum atomic E-state index is 11.9. The second kappa shape index (κ2) is 4.32. The number of carbonyl (C=O) groups is 1. The Morgan fingerprint density at radius 2 is 2.11 bits per heavy atom. The van der Waals surface area contributed by atoms with Crippen LogP contribution in [0.15, 0.2) is 12.2 Å². The normalized spacial score (nSPS) is 53.2. The predicted octanol–water partition coefficient (Wildman–Crippen LogP) is 2.08. The van der Waals surface area contributed by atoms with Crippen molar-refractivity contribution in [2.24, 2.45) is 29.6 Å². The van der Waals surface area contributed by atoms with Crippen LogP contribution in [0, 0.1) is 29.6 Å². The van der Waals surface area contributed by atoms with Crippen molar-refractivity contribution in [3.63, 3.8) is 0 Å². The van der Waals surface area contributed by atoms with Gasteiger partial charge in [0.15, 0.2) is 5.79 Å². The average molecular weight is 266 g/mol. The van der Waals surface area contributed by atoms with Crippen molar-refractivity contribution >= 4 is 5.97 Å². The number of allylic oxidation sites excluding steroid dienone is 2. The molecule has 0 aromatic carbocycles. The number of aliphatic hydroxyl groups is 1. The van der Waals surface area contributed by atoms with Gasteiger partial charge in [0.2, 0.25) is 6.29 Å². The van der Waals surface area contributed by atoms with Crippen LogP contribution in [0.5, 0.6) is 0 Å². The Hall–Kier alpha value is -0.870. The summed E-state index contributed by atoms with van der Waals surface area (Å²) in [6.45, 7) is 5.77. The van der Waals surface area contributed by atoms with Gasteiger partial charge in [0, 0.05) is 12.3 Å². The number of rotatable bonds is 0. The summed E-state index contributed by atoms with van der Waals surface area (Å²) in [5, 5.41) is 10.2. The SMILES string of the molecule is C[C@@H]1C=CC2C3[C@@H](OC(=O)[C@@H]2C)O[C@](C)(O)CC[C@H]31. The van der Waals surface area contributed by atoms with Crippen molar-refractivity contribution in [2.45, 2.75) is 45.7 Å². The van der Waals surface area contributed by atoms with E-state index < -0.39 is 12.1 Å². The molecule has 2 fully saturated rings. The van der Waals surface area contributed by atoms with E-state index in [1.54, 1.807) is 6.92 Å². The molecule has 0 spiro atoms. The van der Waals surface area contributed by atoms with Crippen molar-refractivity contribution in [2.75, 3.05) is 0 Å². The van der Waals surface area contributed by atoms with Gasteiger partial charge >= 0.3 is 5.97 Å². The first kappa shape index (κ1) is 13.1. The van der Waals surface area contributed by atoms with Crippen LogP contribution in [0.3, 0.4) is 0 Å². The molecule has 2 aliphatic heterocycles. The third-order valence-corrected chi connectivity index (χ3v) is 5.06. The quantitative estimate of drug-likeness (QED) is 0.539. The molecule has 0 amide bonds. The average Bonchev–Trinajstić information content (AvgIpc) is 2.46. The molecule has 0 aromatic heterocycles. The lowest BCUT2D eigenvalue weighted by Gasteiger charge is -2.45. The number of ether oxygens (including phenoxy) is 2. The lowest BCUT2D eigenvalue weighted by Crippen LogP contribution is -2.51. The van der Waals surface area contributed by atoms with Gasteiger partial charge in [0.05, 0.1) is 5.92 Å². The van der Waals surface area contributed by atoms with Crippen LogP contribution in [0.25, 0.3) is 0 Å². The fourth-order valence-corrected chi connectivity index (χ4v) is 3.85. The predicted molar refractivity (Wildman–Crippen MR) is 68.8 cm³/mol. The van der Waals surface area contributed by atoms with Crippen LogP contribution in [0.4, 0.5) is 0 Å². The Labute approximate surface area is 113 Å². The van der Waals surface area contributed by atoms with E-state index in [1.165, 1.54) is 0 Å². The molecule has 0 bridgehead atoms. The van der Waals surface area contributed by atoms with E-state index in [4.69, 9.17) is 9.47 Å². The molecule has 3 aliphatic rings. The summed E-state index contributed by atoms with van der Waals surface area (Å²) >= 11 is 0. The monoisotopic (exact) mass is 266 g/mol. The molecule has 2 heterocycles. The van der Waals surface area contributed by atoms with E-state index in [9.17, 15) is 9.90 Å². The molecule has 0 aromatic rings. The van der Waals surface area contributed by atoms with E-state index in [2.05, 4.69) is 19.1 Å². The molecule has 106 valence electrons. The van der Waals surface area contributed by atoms with E-state index in [0.717, 1.165) is 6.42 Å². The van der Waals surface area contributed by atoms with E-state index in [-0.39, 0.29) is 23.7 Å². The number of carbonyl (C=O) groups excluding carboxylic acids is 1. The molecule has 3 rings (SSSR count). The minimum atomic E-state index is -1.20. The molecule has 2 unspecified atom stereocenters. The Morgan fingerprint density at radius 3 is 2.84 bits per heavy atom. The van der Waals surface area contributed by atoms with Crippen molar-refractivity contribution in [1.82, 2.24) is 0 Å². The summed E-state index contributed by atoms with van der Waals surface area (Å²) in [7, 11) is 0. The molecule has 1 aliphatic carbocycles. The fourth-order valence-electron chi connectivity index (χ4n) is 3.85. The second-order valence-electron chi connectivity index (χ2n) is 6.49. The molecule has 0 radical (unpaired) electrons. The lowest BCUT2D eigenvalue weighted by molar-refractivity contribution is -0.299. The summed E-state index contributed by atoms with van der Waals surface area (Å²) in [6, 6.07) is 0. The highest BCUT2D eigenvalue weighted by Gasteiger charge is 2.52. The number of hydrogen-bond donors (Lipinski definition) is 1. The standard InChI is InChI=1S/C15H22O4/c1-8-4-5-11-9(2)13(16)18-14-12(11)10(8)6-7-15(3,17)19-14/h4-5,8-12,14,17H,6-7H2,1-3H3/t8-,9-,10+,11?,12?,14+,15+/m1/s1. The summed E-state index contributed by atoms with van der Waals surface area (Å²) < 4.78 is 11.1. The van der Waals surface area contributed by atoms with Crippen LogP contribution in [0.2, 0.25) is 0 Å². The summed E-state index contributed by atoms with van der Waals surface area (Å²) in [6.07, 6.45) is 5.23. The Bertz CT molecular complexity index is 414. The van der Waals surface area contributed by atoms with Gasteiger partial charge in [-0.05, 0) is 31.1 Å². The topological polar surface area (TPSA) is 55.8 Å². The highest BCUT2D eigenvalue weighted by molar-refractivity contribution is 5.73. The minimum Gasteiger partial charge on any atom is -0.435 e. The zero-order chi connectivity index (χ0) is 13.8. The highest BCUT2D eigenvalue weighted by Crippen LogP contribution is 2.49. The van der Waals surface area contributed by atoms with Gasteiger partial charge in [0.25, 0.3) is 0 Å². The van der Waals surface area contributed by atoms with Gasteiger partial charge in [-0.3, -0.25) is 4.79 Å². The van der Waals surface area contributed by atoms with Crippen LogP contribution < -0.4 is 0 Å². The first-order valence-electron chi connectivity index (χ1n) is 7.18. The van der Waals surface area contributed by atoms with Crippen LogP contribution in [-0.2, 0) is 14.3 Å². The Morgan fingerprint density at radius 1 is 1.37 bits per heavy atom. The van der Waals surface area contributed by atoms with E-state index in [0.29, 0.717) is 18.3 Å². The molecule has 4 nitrogen and oxygen atoms in total. The summed E-state index contributed by atoms with van der Waals surface area (Å²) in [5.41, 5.74) is 0. The van der Waals surface area contributed by atoms with Gasteiger partial charge in [0.1, 0.15) is 0 Å². The van der Waals surface area contributed by atoms with E-state index in [1.807, 2.05) is 6.92 Å². The minimum absolute atomic E-state index is 0.126. The zero-order valence-electron chi connectivity index (χ0n) is 11.7. The molecule has 2 saturated heterocycles. The molecule has 4 heteroatoms. The lowest BCUT2D eigenvalue weighted by atomic mass is 9.65. The molecule has 0 saturated carbocycles.